The molecule has 7 nitrogen and oxygen atoms in total. The molecule has 1 aliphatic rings. The van der Waals surface area contributed by atoms with Crippen LogP contribution in [0.2, 0.25) is 0 Å². The zero-order chi connectivity index (χ0) is 17.8. The average Bonchev–Trinajstić information content (AvgIpc) is 3.35. The van der Waals surface area contributed by atoms with Gasteiger partial charge in [-0.2, -0.15) is 0 Å². The third-order valence-electron chi connectivity index (χ3n) is 4.35. The van der Waals surface area contributed by atoms with E-state index < -0.39 is 0 Å². The summed E-state index contributed by atoms with van der Waals surface area (Å²) in [5, 5.41) is 8.18. The Morgan fingerprint density at radius 3 is 2.77 bits per heavy atom. The fourth-order valence-corrected chi connectivity index (χ4v) is 3.63. The van der Waals surface area contributed by atoms with Crippen LogP contribution in [-0.4, -0.2) is 37.9 Å². The molecule has 3 aromatic heterocycles. The molecule has 0 radical (unpaired) electrons. The second kappa shape index (κ2) is 7.57. The van der Waals surface area contributed by atoms with Crippen LogP contribution in [0.15, 0.2) is 47.5 Å². The van der Waals surface area contributed by atoms with Gasteiger partial charge in [0.1, 0.15) is 5.69 Å². The van der Waals surface area contributed by atoms with E-state index in [9.17, 15) is 4.79 Å². The molecule has 0 bridgehead atoms. The van der Waals surface area contributed by atoms with E-state index in [1.165, 1.54) is 11.3 Å². The summed E-state index contributed by atoms with van der Waals surface area (Å²) in [6.07, 6.45) is 6.20. The largest absolute Gasteiger partial charge is 0.351 e. The van der Waals surface area contributed by atoms with Gasteiger partial charge in [0, 0.05) is 29.9 Å². The lowest BCUT2D eigenvalue weighted by Crippen LogP contribution is -2.34. The second-order valence-corrected chi connectivity index (χ2v) is 6.90. The van der Waals surface area contributed by atoms with E-state index >= 15 is 0 Å². The lowest BCUT2D eigenvalue weighted by atomic mass is 10.2. The van der Waals surface area contributed by atoms with Gasteiger partial charge in [-0.15, -0.1) is 11.3 Å². The Labute approximate surface area is 155 Å². The van der Waals surface area contributed by atoms with Crippen LogP contribution < -0.4 is 10.6 Å². The van der Waals surface area contributed by atoms with E-state index in [-0.39, 0.29) is 18.0 Å². The molecule has 1 aliphatic carbocycles. The molecule has 0 saturated heterocycles. The first-order chi connectivity index (χ1) is 12.8. The predicted octanol–water partition coefficient (Wildman–Crippen LogP) is 2.76. The maximum atomic E-state index is 12.1. The summed E-state index contributed by atoms with van der Waals surface area (Å²) in [6, 6.07) is 7.95. The lowest BCUT2D eigenvalue weighted by Gasteiger charge is -2.14. The van der Waals surface area contributed by atoms with E-state index in [1.54, 1.807) is 23.3 Å². The molecule has 4 rings (SSSR count). The molecule has 8 heteroatoms. The van der Waals surface area contributed by atoms with E-state index in [2.05, 4.69) is 30.6 Å². The van der Waals surface area contributed by atoms with Crippen LogP contribution in [-0.2, 0) is 0 Å². The number of hydrogen-bond donors (Lipinski definition) is 2. The van der Waals surface area contributed by atoms with Crippen molar-refractivity contribution in [1.82, 2.24) is 25.3 Å². The van der Waals surface area contributed by atoms with Gasteiger partial charge in [0.15, 0.2) is 0 Å². The van der Waals surface area contributed by atoms with Crippen LogP contribution in [0.3, 0.4) is 0 Å². The van der Waals surface area contributed by atoms with Crippen molar-refractivity contribution in [2.45, 2.75) is 31.3 Å². The molecule has 1 fully saturated rings. The Hall–Kier alpha value is -2.87. The summed E-state index contributed by atoms with van der Waals surface area (Å²) < 4.78 is 0. The van der Waals surface area contributed by atoms with Crippen LogP contribution in [0.4, 0.5) is 5.95 Å². The standard InChI is InChI=1S/C18H18N6OS/c25-17(16-10-26-11-21-16)22-12-4-5-13(9-12)23-18-20-8-6-15(24-18)14-3-1-2-7-19-14/h1-3,6-8,10-13H,4-5,9H2,(H,22,25)(H,20,23,24)/t12-,13-/m0/s1. The number of hydrogen-bond acceptors (Lipinski definition) is 7. The number of nitrogens with zero attached hydrogens (tertiary/aromatic N) is 4. The van der Waals surface area contributed by atoms with Crippen molar-refractivity contribution in [1.29, 1.82) is 0 Å². The number of pyridine rings is 1. The van der Waals surface area contributed by atoms with E-state index in [4.69, 9.17) is 0 Å². The van der Waals surface area contributed by atoms with Crippen LogP contribution in [0.25, 0.3) is 11.4 Å². The summed E-state index contributed by atoms with van der Waals surface area (Å²) >= 11 is 1.42. The molecule has 0 aliphatic heterocycles. The molecule has 2 N–H and O–H groups in total. The minimum absolute atomic E-state index is 0.106. The Morgan fingerprint density at radius 1 is 1.04 bits per heavy atom. The summed E-state index contributed by atoms with van der Waals surface area (Å²) in [5.74, 6) is 0.481. The topological polar surface area (TPSA) is 92.7 Å². The molecule has 3 heterocycles. The summed E-state index contributed by atoms with van der Waals surface area (Å²) in [5.41, 5.74) is 3.75. The average molecular weight is 366 g/mol. The highest BCUT2D eigenvalue weighted by atomic mass is 32.1. The predicted molar refractivity (Wildman–Crippen MR) is 99.9 cm³/mol. The smallest absolute Gasteiger partial charge is 0.270 e. The molecule has 26 heavy (non-hydrogen) atoms. The fourth-order valence-electron chi connectivity index (χ4n) is 3.10. The molecule has 2 atom stereocenters. The highest BCUT2D eigenvalue weighted by molar-refractivity contribution is 7.07. The highest BCUT2D eigenvalue weighted by Crippen LogP contribution is 2.23. The number of carbonyl (C=O) groups excluding carboxylic acids is 1. The SMILES string of the molecule is O=C(N[C@H]1CC[C@H](Nc2nccc(-c3ccccn3)n2)C1)c1cscn1. The van der Waals surface area contributed by atoms with Crippen molar-refractivity contribution in [2.24, 2.45) is 0 Å². The number of carbonyl (C=O) groups is 1. The first-order valence-corrected chi connectivity index (χ1v) is 9.42. The summed E-state index contributed by atoms with van der Waals surface area (Å²) in [4.78, 5) is 29.3. The van der Waals surface area contributed by atoms with Crippen molar-refractivity contribution >= 4 is 23.2 Å². The van der Waals surface area contributed by atoms with Crippen molar-refractivity contribution in [3.63, 3.8) is 0 Å². The molecule has 132 valence electrons. The molecule has 0 spiro atoms. The first-order valence-electron chi connectivity index (χ1n) is 8.48. The third kappa shape index (κ3) is 3.85. The molecule has 3 aromatic rings. The van der Waals surface area contributed by atoms with Gasteiger partial charge in [-0.05, 0) is 37.5 Å². The van der Waals surface area contributed by atoms with E-state index in [1.807, 2.05) is 24.3 Å². The second-order valence-electron chi connectivity index (χ2n) is 6.18. The van der Waals surface area contributed by atoms with Crippen LogP contribution in [0, 0.1) is 0 Å². The molecule has 0 unspecified atom stereocenters. The normalized spacial score (nSPS) is 19.2. The van der Waals surface area contributed by atoms with Crippen LogP contribution in [0.1, 0.15) is 29.8 Å². The van der Waals surface area contributed by atoms with Gasteiger partial charge in [0.25, 0.3) is 5.91 Å². The molecular weight excluding hydrogens is 348 g/mol. The van der Waals surface area contributed by atoms with Gasteiger partial charge >= 0.3 is 0 Å². The maximum absolute atomic E-state index is 12.1. The Morgan fingerprint density at radius 2 is 1.96 bits per heavy atom. The van der Waals surface area contributed by atoms with Crippen molar-refractivity contribution < 1.29 is 4.79 Å². The monoisotopic (exact) mass is 366 g/mol. The van der Waals surface area contributed by atoms with Gasteiger partial charge in [0.2, 0.25) is 5.95 Å². The van der Waals surface area contributed by atoms with Crippen molar-refractivity contribution in [2.75, 3.05) is 5.32 Å². The minimum Gasteiger partial charge on any atom is -0.351 e. The summed E-state index contributed by atoms with van der Waals surface area (Å²) in [7, 11) is 0. The molecule has 1 saturated carbocycles. The zero-order valence-corrected chi connectivity index (χ0v) is 14.8. The zero-order valence-electron chi connectivity index (χ0n) is 14.0. The Kier molecular flexibility index (Phi) is 4.83. The Balaban J connectivity index is 1.36. The fraction of sp³-hybridized carbons (Fsp3) is 0.278. The number of amides is 1. The number of anilines is 1. The van der Waals surface area contributed by atoms with Crippen molar-refractivity contribution in [3.05, 3.63) is 53.2 Å². The lowest BCUT2D eigenvalue weighted by molar-refractivity contribution is 0.0933. The highest BCUT2D eigenvalue weighted by Gasteiger charge is 2.27. The van der Waals surface area contributed by atoms with Gasteiger partial charge in [-0.25, -0.2) is 15.0 Å². The quantitative estimate of drug-likeness (QED) is 0.721. The number of aromatic nitrogens is 4. The van der Waals surface area contributed by atoms with Gasteiger partial charge in [-0.1, -0.05) is 6.07 Å². The van der Waals surface area contributed by atoms with Gasteiger partial charge in [-0.3, -0.25) is 9.78 Å². The van der Waals surface area contributed by atoms with E-state index in [0.29, 0.717) is 11.6 Å². The molecule has 0 aromatic carbocycles. The summed E-state index contributed by atoms with van der Waals surface area (Å²) in [6.45, 7) is 0. The Bertz CT molecular complexity index is 870. The third-order valence-corrected chi connectivity index (χ3v) is 4.94. The number of rotatable bonds is 5. The minimum atomic E-state index is -0.106. The van der Waals surface area contributed by atoms with E-state index in [0.717, 1.165) is 30.7 Å². The van der Waals surface area contributed by atoms with Gasteiger partial charge < -0.3 is 10.6 Å². The van der Waals surface area contributed by atoms with Gasteiger partial charge in [0.05, 0.1) is 16.9 Å². The number of nitrogens with one attached hydrogen (secondary N) is 2. The van der Waals surface area contributed by atoms with Crippen LogP contribution >= 0.6 is 11.3 Å². The first kappa shape index (κ1) is 16.6. The van der Waals surface area contributed by atoms with Crippen molar-refractivity contribution in [3.8, 4) is 11.4 Å². The molecule has 1 amide bonds. The number of thiazole rings is 1. The molecular formula is C18H18N6OS. The maximum Gasteiger partial charge on any atom is 0.270 e. The van der Waals surface area contributed by atoms with Crippen LogP contribution in [0.5, 0.6) is 0 Å².